The molecule has 0 saturated carbocycles. The van der Waals surface area contributed by atoms with Crippen LogP contribution in [0, 0.1) is 0 Å². The van der Waals surface area contributed by atoms with E-state index in [-0.39, 0.29) is 12.5 Å². The summed E-state index contributed by atoms with van der Waals surface area (Å²) in [6.07, 6.45) is 2.25. The van der Waals surface area contributed by atoms with Crippen LogP contribution in [-0.2, 0) is 14.9 Å². The maximum Gasteiger partial charge on any atom is 0.266 e. The smallest absolute Gasteiger partial charge is 0.266 e. The van der Waals surface area contributed by atoms with Crippen molar-refractivity contribution in [2.75, 3.05) is 24.3 Å². The van der Waals surface area contributed by atoms with Gasteiger partial charge >= 0.3 is 0 Å². The fourth-order valence-corrected chi connectivity index (χ4v) is 1.35. The van der Waals surface area contributed by atoms with Crippen LogP contribution in [0.5, 0.6) is 0 Å². The van der Waals surface area contributed by atoms with E-state index >= 15 is 0 Å². The molecule has 7 heteroatoms. The van der Waals surface area contributed by atoms with Crippen LogP contribution in [0.25, 0.3) is 0 Å². The molecule has 13 heavy (non-hydrogen) atoms. The molecular weight excluding hydrogens is 214 g/mol. The summed E-state index contributed by atoms with van der Waals surface area (Å²) in [5.41, 5.74) is 0. The third-order valence-electron chi connectivity index (χ3n) is 1.22. The van der Waals surface area contributed by atoms with Crippen LogP contribution in [0.15, 0.2) is 0 Å². The van der Waals surface area contributed by atoms with Gasteiger partial charge in [0, 0.05) is 18.7 Å². The summed E-state index contributed by atoms with van der Waals surface area (Å²) in [4.78, 5) is 10.9. The van der Waals surface area contributed by atoms with E-state index < -0.39 is 15.9 Å². The number of rotatable bonds is 6. The lowest BCUT2D eigenvalue weighted by atomic mass is 10.4. The van der Waals surface area contributed by atoms with E-state index in [4.69, 9.17) is 4.55 Å². The molecule has 2 N–H and O–H groups in total. The molecule has 0 aliphatic heterocycles. The molecule has 0 radical (unpaired) electrons. The molecule has 0 fully saturated rings. The molecule has 78 valence electrons. The van der Waals surface area contributed by atoms with Gasteiger partial charge in [-0.05, 0) is 6.26 Å². The van der Waals surface area contributed by atoms with Crippen molar-refractivity contribution < 1.29 is 17.8 Å². The SMILES string of the molecule is CSCCC(=O)NCCS(=O)(=O)O. The Bertz CT molecular complexity index is 249. The lowest BCUT2D eigenvalue weighted by molar-refractivity contribution is -0.120. The fourth-order valence-electron chi connectivity index (χ4n) is 0.603. The van der Waals surface area contributed by atoms with Gasteiger partial charge in [0.05, 0.1) is 5.75 Å². The van der Waals surface area contributed by atoms with Crippen molar-refractivity contribution in [1.29, 1.82) is 0 Å². The summed E-state index contributed by atoms with van der Waals surface area (Å²) in [6, 6.07) is 0. The lowest BCUT2D eigenvalue weighted by Gasteiger charge is -2.02. The van der Waals surface area contributed by atoms with Crippen molar-refractivity contribution in [2.45, 2.75) is 6.42 Å². The minimum atomic E-state index is -3.96. The van der Waals surface area contributed by atoms with Gasteiger partial charge in [-0.15, -0.1) is 0 Å². The molecular formula is C6H13NO4S2. The fraction of sp³-hybridized carbons (Fsp3) is 0.833. The maximum atomic E-state index is 10.9. The van der Waals surface area contributed by atoms with Crippen molar-refractivity contribution in [2.24, 2.45) is 0 Å². The van der Waals surface area contributed by atoms with Gasteiger partial charge in [0.1, 0.15) is 0 Å². The van der Waals surface area contributed by atoms with Crippen LogP contribution in [0.2, 0.25) is 0 Å². The van der Waals surface area contributed by atoms with Gasteiger partial charge in [-0.2, -0.15) is 20.2 Å². The monoisotopic (exact) mass is 227 g/mol. The summed E-state index contributed by atoms with van der Waals surface area (Å²) in [5, 5.41) is 2.38. The maximum absolute atomic E-state index is 10.9. The van der Waals surface area contributed by atoms with Gasteiger partial charge in [0.15, 0.2) is 0 Å². The quantitative estimate of drug-likeness (QED) is 0.611. The minimum absolute atomic E-state index is 0.0357. The predicted octanol–water partition coefficient (Wildman–Crippen LogP) is -0.256. The largest absolute Gasteiger partial charge is 0.355 e. The summed E-state index contributed by atoms with van der Waals surface area (Å²) in [5.74, 6) is 0.0772. The summed E-state index contributed by atoms with van der Waals surface area (Å²) in [6.45, 7) is -0.0357. The second kappa shape index (κ2) is 6.22. The zero-order valence-corrected chi connectivity index (χ0v) is 8.95. The number of nitrogens with one attached hydrogen (secondary N) is 1. The first-order valence-corrected chi connectivity index (χ1v) is 6.67. The Kier molecular flexibility index (Phi) is 6.10. The van der Waals surface area contributed by atoms with E-state index in [0.717, 1.165) is 0 Å². The van der Waals surface area contributed by atoms with Gasteiger partial charge in [-0.1, -0.05) is 0 Å². The van der Waals surface area contributed by atoms with Crippen molar-refractivity contribution in [3.05, 3.63) is 0 Å². The molecule has 0 heterocycles. The Balaban J connectivity index is 3.49. The summed E-state index contributed by atoms with van der Waals surface area (Å²) < 4.78 is 28.8. The van der Waals surface area contributed by atoms with Crippen molar-refractivity contribution in [3.63, 3.8) is 0 Å². The molecule has 0 aliphatic rings. The average molecular weight is 227 g/mol. The highest BCUT2D eigenvalue weighted by atomic mass is 32.2. The molecule has 0 unspecified atom stereocenters. The molecule has 0 saturated heterocycles. The number of hydrogen-bond acceptors (Lipinski definition) is 4. The highest BCUT2D eigenvalue weighted by molar-refractivity contribution is 7.98. The number of thioether (sulfide) groups is 1. The molecule has 0 spiro atoms. The van der Waals surface area contributed by atoms with Gasteiger partial charge in [-0.3, -0.25) is 9.35 Å². The number of hydrogen-bond donors (Lipinski definition) is 2. The van der Waals surface area contributed by atoms with E-state index in [2.05, 4.69) is 5.32 Å². The molecule has 0 atom stereocenters. The first-order chi connectivity index (χ1) is 5.95. The lowest BCUT2D eigenvalue weighted by Crippen LogP contribution is -2.29. The topological polar surface area (TPSA) is 83.5 Å². The standard InChI is InChI=1S/C6H13NO4S2/c1-12-4-2-6(8)7-3-5-13(9,10)11/h2-5H2,1H3,(H,7,8)(H,9,10,11). The van der Waals surface area contributed by atoms with E-state index in [9.17, 15) is 13.2 Å². The molecule has 0 aromatic carbocycles. The predicted molar refractivity (Wildman–Crippen MR) is 52.4 cm³/mol. The molecule has 0 aromatic rings. The zero-order valence-electron chi connectivity index (χ0n) is 7.32. The van der Waals surface area contributed by atoms with Crippen LogP contribution in [0.3, 0.4) is 0 Å². The van der Waals surface area contributed by atoms with Crippen LogP contribution in [-0.4, -0.2) is 43.2 Å². The molecule has 0 aliphatic carbocycles. The Hall–Kier alpha value is -0.270. The minimum Gasteiger partial charge on any atom is -0.355 e. The third-order valence-corrected chi connectivity index (χ3v) is 2.55. The van der Waals surface area contributed by atoms with Crippen LogP contribution in [0.1, 0.15) is 6.42 Å². The number of amides is 1. The van der Waals surface area contributed by atoms with E-state index in [1.54, 1.807) is 11.8 Å². The van der Waals surface area contributed by atoms with Gasteiger partial charge in [0.2, 0.25) is 5.91 Å². The second-order valence-corrected chi connectivity index (χ2v) is 4.94. The average Bonchev–Trinajstić information content (AvgIpc) is 1.98. The Morgan fingerprint density at radius 3 is 2.62 bits per heavy atom. The Labute approximate surface area is 82.0 Å². The van der Waals surface area contributed by atoms with Crippen LogP contribution < -0.4 is 5.32 Å². The van der Waals surface area contributed by atoms with Gasteiger partial charge in [-0.25, -0.2) is 0 Å². The zero-order chi connectivity index (χ0) is 10.3. The molecule has 0 bridgehead atoms. The van der Waals surface area contributed by atoms with E-state index in [1.807, 2.05) is 6.26 Å². The van der Waals surface area contributed by atoms with Gasteiger partial charge in [0.25, 0.3) is 10.1 Å². The molecule has 1 amide bonds. The van der Waals surface area contributed by atoms with Crippen molar-refractivity contribution >= 4 is 27.8 Å². The number of carbonyl (C=O) groups is 1. The molecule has 5 nitrogen and oxygen atoms in total. The highest BCUT2D eigenvalue weighted by Crippen LogP contribution is 1.94. The van der Waals surface area contributed by atoms with Crippen LogP contribution >= 0.6 is 11.8 Å². The normalized spacial score (nSPS) is 11.2. The van der Waals surface area contributed by atoms with Crippen molar-refractivity contribution in [1.82, 2.24) is 5.32 Å². The summed E-state index contributed by atoms with van der Waals surface area (Å²) >= 11 is 1.54. The molecule has 0 rings (SSSR count). The molecule has 0 aromatic heterocycles. The van der Waals surface area contributed by atoms with E-state index in [0.29, 0.717) is 12.2 Å². The first kappa shape index (κ1) is 12.7. The van der Waals surface area contributed by atoms with E-state index in [1.165, 1.54) is 0 Å². The highest BCUT2D eigenvalue weighted by Gasteiger charge is 2.05. The third kappa shape index (κ3) is 9.65. The summed E-state index contributed by atoms with van der Waals surface area (Å²) in [7, 11) is -3.96. The first-order valence-electron chi connectivity index (χ1n) is 3.66. The number of carbonyl (C=O) groups excluding carboxylic acids is 1. The van der Waals surface area contributed by atoms with Gasteiger partial charge < -0.3 is 5.32 Å². The van der Waals surface area contributed by atoms with Crippen LogP contribution in [0.4, 0.5) is 0 Å². The second-order valence-electron chi connectivity index (χ2n) is 2.38. The Morgan fingerprint density at radius 2 is 2.15 bits per heavy atom. The Morgan fingerprint density at radius 1 is 1.54 bits per heavy atom. The van der Waals surface area contributed by atoms with Crippen molar-refractivity contribution in [3.8, 4) is 0 Å².